The van der Waals surface area contributed by atoms with Crippen molar-refractivity contribution < 1.29 is 14.7 Å². The van der Waals surface area contributed by atoms with Gasteiger partial charge < -0.3 is 15.7 Å². The number of carbonyl (C=O) groups is 2. The van der Waals surface area contributed by atoms with Crippen LogP contribution in [0, 0.1) is 13.8 Å². The Morgan fingerprint density at radius 3 is 2.59 bits per heavy atom. The summed E-state index contributed by atoms with van der Waals surface area (Å²) in [6.45, 7) is 5.24. The molecule has 2 rings (SSSR count). The molecule has 7 heteroatoms. The van der Waals surface area contributed by atoms with Crippen LogP contribution in [0.25, 0.3) is 0 Å². The highest BCUT2D eigenvalue weighted by molar-refractivity contribution is 5.74. The van der Waals surface area contributed by atoms with Gasteiger partial charge in [-0.1, -0.05) is 30.3 Å². The highest BCUT2D eigenvalue weighted by Crippen LogP contribution is 2.08. The summed E-state index contributed by atoms with van der Waals surface area (Å²) in [5, 5.41) is 19.1. The number of rotatable bonds is 10. The Bertz CT molecular complexity index is 743. The predicted octanol–water partition coefficient (Wildman–Crippen LogP) is 2.67. The van der Waals surface area contributed by atoms with E-state index in [1.807, 2.05) is 54.9 Å². The third-order valence-electron chi connectivity index (χ3n) is 4.30. The van der Waals surface area contributed by atoms with Crippen LogP contribution < -0.4 is 10.6 Å². The summed E-state index contributed by atoms with van der Waals surface area (Å²) in [5.41, 5.74) is 3.16. The Morgan fingerprint density at radius 1 is 1.22 bits per heavy atom. The van der Waals surface area contributed by atoms with Gasteiger partial charge in [-0.3, -0.25) is 9.48 Å². The van der Waals surface area contributed by atoms with Crippen LogP contribution in [0.3, 0.4) is 0 Å². The van der Waals surface area contributed by atoms with Crippen molar-refractivity contribution in [1.29, 1.82) is 0 Å². The van der Waals surface area contributed by atoms with Gasteiger partial charge in [0.25, 0.3) is 0 Å². The van der Waals surface area contributed by atoms with E-state index in [1.54, 1.807) is 0 Å². The average molecular weight is 372 g/mol. The summed E-state index contributed by atoms with van der Waals surface area (Å²) in [6.07, 6.45) is 1.79. The van der Waals surface area contributed by atoms with Crippen molar-refractivity contribution in [2.45, 2.75) is 52.1 Å². The van der Waals surface area contributed by atoms with Crippen LogP contribution in [0.5, 0.6) is 0 Å². The maximum Gasteiger partial charge on any atom is 0.315 e. The standard InChI is InChI=1S/C20H28N4O3/c1-15-13-16(2)24(23-15)12-6-11-21-20(27)22-18(9-10-19(25)26)14-17-7-4-3-5-8-17/h3-5,7-8,13,18H,6,9-12,14H2,1-2H3,(H,25,26)(H2,21,22,27). The van der Waals surface area contributed by atoms with Crippen molar-refractivity contribution in [1.82, 2.24) is 20.4 Å². The molecule has 1 aromatic heterocycles. The summed E-state index contributed by atoms with van der Waals surface area (Å²) >= 11 is 0. The molecule has 0 bridgehead atoms. The number of benzene rings is 1. The molecule has 1 aromatic carbocycles. The van der Waals surface area contributed by atoms with Crippen molar-refractivity contribution >= 4 is 12.0 Å². The maximum absolute atomic E-state index is 12.2. The molecule has 2 amide bonds. The first kappa shape index (κ1) is 20.5. The van der Waals surface area contributed by atoms with E-state index in [0.717, 1.165) is 29.9 Å². The number of aliphatic carboxylic acids is 1. The normalized spacial score (nSPS) is 11.8. The summed E-state index contributed by atoms with van der Waals surface area (Å²) in [7, 11) is 0. The van der Waals surface area contributed by atoms with Crippen LogP contribution in [-0.4, -0.2) is 39.5 Å². The summed E-state index contributed by atoms with van der Waals surface area (Å²) < 4.78 is 1.93. The first-order valence-electron chi connectivity index (χ1n) is 9.25. The van der Waals surface area contributed by atoms with Crippen LogP contribution in [0.4, 0.5) is 4.79 Å². The molecule has 0 saturated heterocycles. The Hall–Kier alpha value is -2.83. The molecule has 1 heterocycles. The molecule has 0 radical (unpaired) electrons. The minimum absolute atomic E-state index is 0.0235. The Kier molecular flexibility index (Phi) is 7.85. The molecule has 1 unspecified atom stereocenters. The van der Waals surface area contributed by atoms with E-state index in [0.29, 0.717) is 19.4 Å². The van der Waals surface area contributed by atoms with Gasteiger partial charge in [0.05, 0.1) is 5.69 Å². The van der Waals surface area contributed by atoms with Crippen molar-refractivity contribution in [2.75, 3.05) is 6.54 Å². The Labute approximate surface area is 159 Å². The molecule has 2 aromatic rings. The Morgan fingerprint density at radius 2 is 1.96 bits per heavy atom. The number of amides is 2. The smallest absolute Gasteiger partial charge is 0.315 e. The number of urea groups is 1. The molecule has 0 aliphatic rings. The van der Waals surface area contributed by atoms with Crippen molar-refractivity contribution in [3.8, 4) is 0 Å². The van der Waals surface area contributed by atoms with Crippen molar-refractivity contribution in [3.05, 3.63) is 53.3 Å². The van der Waals surface area contributed by atoms with E-state index in [2.05, 4.69) is 15.7 Å². The molecular formula is C20H28N4O3. The largest absolute Gasteiger partial charge is 0.481 e. The summed E-state index contributed by atoms with van der Waals surface area (Å²) in [4.78, 5) is 23.1. The van der Waals surface area contributed by atoms with Crippen molar-refractivity contribution in [2.24, 2.45) is 0 Å². The summed E-state index contributed by atoms with van der Waals surface area (Å²) in [5.74, 6) is -0.861. The lowest BCUT2D eigenvalue weighted by molar-refractivity contribution is -0.137. The fourth-order valence-electron chi connectivity index (χ4n) is 2.99. The third-order valence-corrected chi connectivity index (χ3v) is 4.30. The first-order valence-corrected chi connectivity index (χ1v) is 9.25. The van der Waals surface area contributed by atoms with E-state index < -0.39 is 5.97 Å². The van der Waals surface area contributed by atoms with Crippen LogP contribution in [0.2, 0.25) is 0 Å². The van der Waals surface area contributed by atoms with Gasteiger partial charge in [0, 0.05) is 31.2 Å². The van der Waals surface area contributed by atoms with E-state index in [1.165, 1.54) is 0 Å². The van der Waals surface area contributed by atoms with Gasteiger partial charge in [0.1, 0.15) is 0 Å². The lowest BCUT2D eigenvalue weighted by atomic mass is 10.0. The second kappa shape index (κ2) is 10.4. The van der Waals surface area contributed by atoms with E-state index in [9.17, 15) is 9.59 Å². The number of carboxylic acids is 1. The highest BCUT2D eigenvalue weighted by atomic mass is 16.4. The minimum atomic E-state index is -0.861. The minimum Gasteiger partial charge on any atom is -0.481 e. The van der Waals surface area contributed by atoms with Gasteiger partial charge in [-0.15, -0.1) is 0 Å². The number of aromatic nitrogens is 2. The molecule has 0 fully saturated rings. The highest BCUT2D eigenvalue weighted by Gasteiger charge is 2.14. The molecule has 27 heavy (non-hydrogen) atoms. The van der Waals surface area contributed by atoms with Crippen LogP contribution in [-0.2, 0) is 17.8 Å². The van der Waals surface area contributed by atoms with E-state index in [-0.39, 0.29) is 18.5 Å². The molecule has 3 N–H and O–H groups in total. The van der Waals surface area contributed by atoms with Crippen molar-refractivity contribution in [3.63, 3.8) is 0 Å². The lowest BCUT2D eigenvalue weighted by Crippen LogP contribution is -2.43. The molecule has 0 saturated carbocycles. The lowest BCUT2D eigenvalue weighted by Gasteiger charge is -2.19. The number of hydrogen-bond acceptors (Lipinski definition) is 3. The quantitative estimate of drug-likeness (QED) is 0.559. The number of carboxylic acid groups (broad SMARTS) is 1. The fraction of sp³-hybridized carbons (Fsp3) is 0.450. The monoisotopic (exact) mass is 372 g/mol. The van der Waals surface area contributed by atoms with Gasteiger partial charge in [-0.25, -0.2) is 4.79 Å². The number of carbonyl (C=O) groups excluding carboxylic acids is 1. The fourth-order valence-corrected chi connectivity index (χ4v) is 2.99. The van der Waals surface area contributed by atoms with E-state index >= 15 is 0 Å². The third kappa shape index (κ3) is 7.52. The molecule has 7 nitrogen and oxygen atoms in total. The first-order chi connectivity index (χ1) is 12.9. The molecule has 0 spiro atoms. The molecule has 1 atom stereocenters. The molecule has 146 valence electrons. The van der Waals surface area contributed by atoms with Gasteiger partial charge in [0.2, 0.25) is 0 Å². The van der Waals surface area contributed by atoms with E-state index in [4.69, 9.17) is 5.11 Å². The zero-order valence-electron chi connectivity index (χ0n) is 15.9. The van der Waals surface area contributed by atoms with Gasteiger partial charge in [-0.2, -0.15) is 5.10 Å². The maximum atomic E-state index is 12.2. The average Bonchev–Trinajstić information content (AvgIpc) is 2.95. The second-order valence-corrected chi connectivity index (χ2v) is 6.72. The number of nitrogens with zero attached hydrogens (tertiary/aromatic N) is 2. The van der Waals surface area contributed by atoms with Gasteiger partial charge >= 0.3 is 12.0 Å². The Balaban J connectivity index is 1.77. The SMILES string of the molecule is Cc1cc(C)n(CCCNC(=O)NC(CCC(=O)O)Cc2ccccc2)n1. The van der Waals surface area contributed by atoms with Gasteiger partial charge in [0.15, 0.2) is 0 Å². The topological polar surface area (TPSA) is 96.2 Å². The molecule has 0 aliphatic heterocycles. The van der Waals surface area contributed by atoms with Crippen LogP contribution in [0.15, 0.2) is 36.4 Å². The number of nitrogens with one attached hydrogen (secondary N) is 2. The zero-order valence-corrected chi connectivity index (χ0v) is 15.9. The summed E-state index contributed by atoms with van der Waals surface area (Å²) in [6, 6.07) is 11.3. The number of hydrogen-bond donors (Lipinski definition) is 3. The van der Waals surface area contributed by atoms with Crippen LogP contribution >= 0.6 is 0 Å². The molecule has 0 aliphatic carbocycles. The van der Waals surface area contributed by atoms with Gasteiger partial charge in [-0.05, 0) is 44.7 Å². The second-order valence-electron chi connectivity index (χ2n) is 6.72. The predicted molar refractivity (Wildman–Crippen MR) is 104 cm³/mol. The van der Waals surface area contributed by atoms with Crippen LogP contribution in [0.1, 0.15) is 36.2 Å². The molecular weight excluding hydrogens is 344 g/mol. The number of aryl methyl sites for hydroxylation is 3. The zero-order chi connectivity index (χ0) is 19.6.